The van der Waals surface area contributed by atoms with E-state index in [9.17, 15) is 9.90 Å². The van der Waals surface area contributed by atoms with Gasteiger partial charge in [-0.3, -0.25) is 0 Å². The van der Waals surface area contributed by atoms with E-state index in [2.05, 4.69) is 10.3 Å². The monoisotopic (exact) mass is 213 g/mol. The van der Waals surface area contributed by atoms with Gasteiger partial charge in [0.05, 0.1) is 17.8 Å². The largest absolute Gasteiger partial charge is 0.476 e. The Morgan fingerprint density at radius 3 is 2.53 bits per heavy atom. The minimum absolute atomic E-state index is 0.0370. The highest BCUT2D eigenvalue weighted by Crippen LogP contribution is 2.15. The van der Waals surface area contributed by atoms with Crippen LogP contribution < -0.4 is 0 Å². The highest BCUT2D eigenvalue weighted by molar-refractivity contribution is 5.86. The Hall–Kier alpha value is -1.43. The van der Waals surface area contributed by atoms with Crippen LogP contribution in [0.4, 0.5) is 0 Å². The minimum atomic E-state index is -1.09. The number of nitrogens with zero attached hydrogens (tertiary/aromatic N) is 3. The van der Waals surface area contributed by atoms with E-state index in [0.29, 0.717) is 12.1 Å². The molecule has 6 nitrogen and oxygen atoms in total. The van der Waals surface area contributed by atoms with E-state index < -0.39 is 12.1 Å². The summed E-state index contributed by atoms with van der Waals surface area (Å²) in [6.07, 6.45) is -0.0789. The Labute approximate surface area is 87.5 Å². The second kappa shape index (κ2) is 4.39. The Morgan fingerprint density at radius 1 is 1.53 bits per heavy atom. The van der Waals surface area contributed by atoms with Crippen LogP contribution in [0.5, 0.6) is 0 Å². The molecule has 0 bridgehead atoms. The van der Waals surface area contributed by atoms with Gasteiger partial charge in [-0.15, -0.1) is 5.10 Å². The molecule has 0 radical (unpaired) electrons. The molecular weight excluding hydrogens is 198 g/mol. The van der Waals surface area contributed by atoms with E-state index in [1.807, 2.05) is 6.92 Å². The molecule has 1 rings (SSSR count). The van der Waals surface area contributed by atoms with E-state index >= 15 is 0 Å². The van der Waals surface area contributed by atoms with Crippen molar-refractivity contribution >= 4 is 5.97 Å². The van der Waals surface area contributed by atoms with Gasteiger partial charge in [0, 0.05) is 0 Å². The topological polar surface area (TPSA) is 88.2 Å². The van der Waals surface area contributed by atoms with Gasteiger partial charge >= 0.3 is 5.97 Å². The van der Waals surface area contributed by atoms with Crippen LogP contribution >= 0.6 is 0 Å². The van der Waals surface area contributed by atoms with E-state index in [4.69, 9.17) is 5.11 Å². The fraction of sp³-hybridized carbons (Fsp3) is 0.667. The van der Waals surface area contributed by atoms with Gasteiger partial charge in [-0.1, -0.05) is 12.1 Å². The molecule has 1 aromatic heterocycles. The normalized spacial score (nSPS) is 14.9. The van der Waals surface area contributed by atoms with Crippen molar-refractivity contribution in [2.75, 3.05) is 0 Å². The second-order valence-corrected chi connectivity index (χ2v) is 3.47. The van der Waals surface area contributed by atoms with Gasteiger partial charge in [-0.25, -0.2) is 9.48 Å². The maximum absolute atomic E-state index is 10.8. The van der Waals surface area contributed by atoms with Gasteiger partial charge in [0.15, 0.2) is 5.69 Å². The van der Waals surface area contributed by atoms with Crippen LogP contribution in [0, 0.1) is 0 Å². The number of carboxylic acids is 1. The molecule has 6 heteroatoms. The van der Waals surface area contributed by atoms with Crippen LogP contribution in [0.2, 0.25) is 0 Å². The third kappa shape index (κ3) is 2.15. The molecule has 0 aliphatic heterocycles. The number of hydrogen-bond donors (Lipinski definition) is 2. The van der Waals surface area contributed by atoms with Crippen molar-refractivity contribution in [1.29, 1.82) is 0 Å². The Kier molecular flexibility index (Phi) is 3.41. The van der Waals surface area contributed by atoms with E-state index in [1.54, 1.807) is 13.8 Å². The fourth-order valence-electron chi connectivity index (χ4n) is 1.34. The van der Waals surface area contributed by atoms with Crippen LogP contribution in [0.3, 0.4) is 0 Å². The van der Waals surface area contributed by atoms with Crippen LogP contribution in [0.1, 0.15) is 43.0 Å². The first-order chi connectivity index (χ1) is 6.99. The van der Waals surface area contributed by atoms with Crippen LogP contribution in [-0.2, 0) is 6.42 Å². The Morgan fingerprint density at radius 2 is 2.13 bits per heavy atom. The molecule has 1 aromatic rings. The van der Waals surface area contributed by atoms with E-state index in [0.717, 1.165) is 0 Å². The highest BCUT2D eigenvalue weighted by atomic mass is 16.4. The molecule has 84 valence electrons. The molecule has 15 heavy (non-hydrogen) atoms. The van der Waals surface area contributed by atoms with E-state index in [-0.39, 0.29) is 11.7 Å². The standard InChI is InChI=1S/C9H15N3O3/c1-4-7-8(9(14)15)10-11-12(7)5(2)6(3)13/h5-6,13H,4H2,1-3H3,(H,14,15). The van der Waals surface area contributed by atoms with Crippen molar-refractivity contribution in [3.63, 3.8) is 0 Å². The minimum Gasteiger partial charge on any atom is -0.476 e. The molecule has 0 saturated heterocycles. The fourth-order valence-corrected chi connectivity index (χ4v) is 1.34. The van der Waals surface area contributed by atoms with Gasteiger partial charge in [0.1, 0.15) is 0 Å². The van der Waals surface area contributed by atoms with Gasteiger partial charge in [0.2, 0.25) is 0 Å². The lowest BCUT2D eigenvalue weighted by Gasteiger charge is -2.16. The van der Waals surface area contributed by atoms with Crippen LogP contribution in [0.25, 0.3) is 0 Å². The van der Waals surface area contributed by atoms with Gasteiger partial charge in [-0.05, 0) is 20.3 Å². The number of aliphatic hydroxyl groups excluding tert-OH is 1. The maximum atomic E-state index is 10.8. The van der Waals surface area contributed by atoms with Crippen molar-refractivity contribution in [3.8, 4) is 0 Å². The number of aromatic carboxylic acids is 1. The zero-order valence-electron chi connectivity index (χ0n) is 9.01. The molecule has 2 unspecified atom stereocenters. The second-order valence-electron chi connectivity index (χ2n) is 3.47. The first kappa shape index (κ1) is 11.6. The molecule has 0 fully saturated rings. The first-order valence-corrected chi connectivity index (χ1v) is 4.84. The molecule has 0 aliphatic rings. The third-order valence-electron chi connectivity index (χ3n) is 2.41. The average Bonchev–Trinajstić information content (AvgIpc) is 2.59. The molecule has 1 heterocycles. The summed E-state index contributed by atoms with van der Waals surface area (Å²) in [6.45, 7) is 5.23. The molecule has 0 saturated carbocycles. The smallest absolute Gasteiger partial charge is 0.358 e. The highest BCUT2D eigenvalue weighted by Gasteiger charge is 2.22. The zero-order chi connectivity index (χ0) is 11.6. The number of rotatable bonds is 4. The number of aromatic nitrogens is 3. The Balaban J connectivity index is 3.14. The van der Waals surface area contributed by atoms with E-state index in [1.165, 1.54) is 4.68 Å². The zero-order valence-corrected chi connectivity index (χ0v) is 9.01. The molecular formula is C9H15N3O3. The predicted molar refractivity (Wildman–Crippen MR) is 52.8 cm³/mol. The lowest BCUT2D eigenvalue weighted by Crippen LogP contribution is -2.21. The number of carbonyl (C=O) groups is 1. The summed E-state index contributed by atoms with van der Waals surface area (Å²) in [6, 6.07) is -0.277. The number of aliphatic hydroxyl groups is 1. The van der Waals surface area contributed by atoms with Crippen molar-refractivity contribution in [3.05, 3.63) is 11.4 Å². The van der Waals surface area contributed by atoms with Gasteiger partial charge in [0.25, 0.3) is 0 Å². The summed E-state index contributed by atoms with van der Waals surface area (Å²) in [5.74, 6) is -1.09. The van der Waals surface area contributed by atoms with Gasteiger partial charge < -0.3 is 10.2 Å². The summed E-state index contributed by atoms with van der Waals surface area (Å²) in [7, 11) is 0. The predicted octanol–water partition coefficient (Wildman–Crippen LogP) is 0.480. The summed E-state index contributed by atoms with van der Waals surface area (Å²) in [5.41, 5.74) is 0.501. The summed E-state index contributed by atoms with van der Waals surface area (Å²) >= 11 is 0. The maximum Gasteiger partial charge on any atom is 0.358 e. The van der Waals surface area contributed by atoms with Gasteiger partial charge in [-0.2, -0.15) is 0 Å². The van der Waals surface area contributed by atoms with Crippen molar-refractivity contribution in [2.24, 2.45) is 0 Å². The lowest BCUT2D eigenvalue weighted by molar-refractivity contribution is 0.0688. The first-order valence-electron chi connectivity index (χ1n) is 4.84. The summed E-state index contributed by atoms with van der Waals surface area (Å²) < 4.78 is 1.47. The molecule has 0 aliphatic carbocycles. The molecule has 2 atom stereocenters. The lowest BCUT2D eigenvalue weighted by atomic mass is 10.2. The Bertz CT molecular complexity index is 359. The van der Waals surface area contributed by atoms with Crippen LogP contribution in [-0.4, -0.2) is 37.3 Å². The van der Waals surface area contributed by atoms with Crippen LogP contribution in [0.15, 0.2) is 0 Å². The quantitative estimate of drug-likeness (QED) is 0.759. The van der Waals surface area contributed by atoms with Crippen molar-refractivity contribution in [1.82, 2.24) is 15.0 Å². The number of carboxylic acid groups (broad SMARTS) is 1. The SMILES string of the molecule is CCc1c(C(=O)O)nnn1C(C)C(C)O. The average molecular weight is 213 g/mol. The molecule has 0 amide bonds. The van der Waals surface area contributed by atoms with Crippen molar-refractivity contribution in [2.45, 2.75) is 39.3 Å². The summed E-state index contributed by atoms with van der Waals surface area (Å²) in [5, 5.41) is 25.6. The third-order valence-corrected chi connectivity index (χ3v) is 2.41. The molecule has 2 N–H and O–H groups in total. The van der Waals surface area contributed by atoms with Crippen molar-refractivity contribution < 1.29 is 15.0 Å². The summed E-state index contributed by atoms with van der Waals surface area (Å²) in [4.78, 5) is 10.8. The molecule has 0 aromatic carbocycles. The molecule has 0 spiro atoms. The number of hydrogen-bond acceptors (Lipinski definition) is 4.